The lowest BCUT2D eigenvalue weighted by Gasteiger charge is -2.21. The van der Waals surface area contributed by atoms with E-state index in [9.17, 15) is 4.79 Å². The Kier molecular flexibility index (Phi) is 8.25. The van der Waals surface area contributed by atoms with Crippen molar-refractivity contribution < 1.29 is 19.0 Å². The summed E-state index contributed by atoms with van der Waals surface area (Å²) in [6.07, 6.45) is 0. The second-order valence-electron chi connectivity index (χ2n) is 7.67. The molecule has 1 aromatic heterocycles. The van der Waals surface area contributed by atoms with Crippen molar-refractivity contribution in [2.75, 3.05) is 27.4 Å². The van der Waals surface area contributed by atoms with Crippen LogP contribution in [-0.2, 0) is 17.9 Å². The first-order valence-corrected chi connectivity index (χ1v) is 11.4. The van der Waals surface area contributed by atoms with E-state index in [2.05, 4.69) is 37.9 Å². The van der Waals surface area contributed by atoms with Crippen molar-refractivity contribution in [2.24, 2.45) is 0 Å². The third-order valence-electron chi connectivity index (χ3n) is 5.26. The number of carbonyl (C=O) groups excluding carboxylic acids is 1. The van der Waals surface area contributed by atoms with Gasteiger partial charge in [-0.25, -0.2) is 4.98 Å². The maximum absolute atomic E-state index is 13.1. The first-order valence-electron chi connectivity index (χ1n) is 10.5. The van der Waals surface area contributed by atoms with Gasteiger partial charge in [-0.05, 0) is 67.8 Å². The maximum Gasteiger partial charge on any atom is 0.254 e. The zero-order valence-electron chi connectivity index (χ0n) is 19.3. The number of rotatable bonds is 10. The van der Waals surface area contributed by atoms with Crippen LogP contribution in [0.3, 0.4) is 0 Å². The largest absolute Gasteiger partial charge is 0.497 e. The number of hydrogen-bond acceptors (Lipinski definition) is 6. The van der Waals surface area contributed by atoms with E-state index in [4.69, 9.17) is 14.2 Å². The van der Waals surface area contributed by atoms with Gasteiger partial charge < -0.3 is 19.1 Å². The highest BCUT2D eigenvalue weighted by Gasteiger charge is 2.18. The van der Waals surface area contributed by atoms with E-state index < -0.39 is 0 Å². The first-order chi connectivity index (χ1) is 15.4. The molecule has 6 nitrogen and oxygen atoms in total. The highest BCUT2D eigenvalue weighted by molar-refractivity contribution is 7.09. The lowest BCUT2D eigenvalue weighted by Crippen LogP contribution is -2.33. The molecule has 0 spiro atoms. The number of nitrogens with zero attached hydrogens (tertiary/aromatic N) is 2. The van der Waals surface area contributed by atoms with Gasteiger partial charge in [0, 0.05) is 24.6 Å². The van der Waals surface area contributed by atoms with Gasteiger partial charge in [0.25, 0.3) is 5.91 Å². The molecule has 0 unspecified atom stereocenters. The Morgan fingerprint density at radius 3 is 2.53 bits per heavy atom. The van der Waals surface area contributed by atoms with Gasteiger partial charge in [-0.2, -0.15) is 0 Å². The standard InChI is InChI=1S/C25H30N2O4S/c1-17-12-18(2)19(3)23(13-17)31-15-24-26-21(16-32-24)14-27(10-11-29-4)25(28)20-6-8-22(30-5)9-7-20/h6-9,12-13,16H,10-11,14-15H2,1-5H3. The molecular formula is C25H30N2O4S. The van der Waals surface area contributed by atoms with E-state index in [-0.39, 0.29) is 5.91 Å². The molecule has 0 atom stereocenters. The summed E-state index contributed by atoms with van der Waals surface area (Å²) < 4.78 is 16.4. The van der Waals surface area contributed by atoms with Gasteiger partial charge in [-0.15, -0.1) is 11.3 Å². The van der Waals surface area contributed by atoms with Crippen molar-refractivity contribution in [1.29, 1.82) is 0 Å². The fourth-order valence-electron chi connectivity index (χ4n) is 3.34. The van der Waals surface area contributed by atoms with Gasteiger partial charge in [0.2, 0.25) is 0 Å². The van der Waals surface area contributed by atoms with Crippen LogP contribution in [0, 0.1) is 20.8 Å². The van der Waals surface area contributed by atoms with Crippen LogP contribution in [0.5, 0.6) is 11.5 Å². The van der Waals surface area contributed by atoms with Gasteiger partial charge in [0.1, 0.15) is 23.1 Å². The van der Waals surface area contributed by atoms with Gasteiger partial charge in [0.15, 0.2) is 0 Å². The molecule has 170 valence electrons. The van der Waals surface area contributed by atoms with Crippen LogP contribution >= 0.6 is 11.3 Å². The van der Waals surface area contributed by atoms with Crippen molar-refractivity contribution in [3.8, 4) is 11.5 Å². The number of aromatic nitrogens is 1. The molecule has 2 aromatic carbocycles. The summed E-state index contributed by atoms with van der Waals surface area (Å²) in [5, 5.41) is 2.86. The smallest absolute Gasteiger partial charge is 0.254 e. The van der Waals surface area contributed by atoms with E-state index in [0.717, 1.165) is 22.0 Å². The first kappa shape index (κ1) is 23.8. The molecule has 0 saturated carbocycles. The lowest BCUT2D eigenvalue weighted by atomic mass is 10.1. The van der Waals surface area contributed by atoms with Crippen LogP contribution in [0.2, 0.25) is 0 Å². The monoisotopic (exact) mass is 454 g/mol. The summed E-state index contributed by atoms with van der Waals surface area (Å²) in [6.45, 7) is 7.96. The van der Waals surface area contributed by atoms with Crippen LogP contribution in [0.4, 0.5) is 0 Å². The average Bonchev–Trinajstić information content (AvgIpc) is 3.25. The Bertz CT molecular complexity index is 1050. The average molecular weight is 455 g/mol. The van der Waals surface area contributed by atoms with Crippen LogP contribution < -0.4 is 9.47 Å². The highest BCUT2D eigenvalue weighted by atomic mass is 32.1. The van der Waals surface area contributed by atoms with E-state index in [1.807, 2.05) is 5.38 Å². The van der Waals surface area contributed by atoms with E-state index in [0.29, 0.717) is 37.6 Å². The predicted molar refractivity (Wildman–Crippen MR) is 127 cm³/mol. The van der Waals surface area contributed by atoms with Gasteiger partial charge in [-0.1, -0.05) is 6.07 Å². The van der Waals surface area contributed by atoms with E-state index >= 15 is 0 Å². The molecule has 0 aliphatic heterocycles. The number of ether oxygens (including phenoxy) is 3. The SMILES string of the molecule is COCCN(Cc1csc(COc2cc(C)cc(C)c2C)n1)C(=O)c1ccc(OC)cc1. The number of methoxy groups -OCH3 is 2. The molecular weight excluding hydrogens is 424 g/mol. The summed E-state index contributed by atoms with van der Waals surface area (Å²) in [5.74, 6) is 1.53. The fraction of sp³-hybridized carbons (Fsp3) is 0.360. The Balaban J connectivity index is 1.68. The van der Waals surface area contributed by atoms with Gasteiger partial charge in [0.05, 0.1) is 26.0 Å². The summed E-state index contributed by atoms with van der Waals surface area (Å²) in [7, 11) is 3.23. The molecule has 7 heteroatoms. The van der Waals surface area contributed by atoms with E-state index in [1.165, 1.54) is 22.5 Å². The zero-order valence-corrected chi connectivity index (χ0v) is 20.1. The summed E-state index contributed by atoms with van der Waals surface area (Å²) in [4.78, 5) is 19.5. The van der Waals surface area contributed by atoms with Crippen molar-refractivity contribution in [2.45, 2.75) is 33.9 Å². The Morgan fingerprint density at radius 1 is 1.09 bits per heavy atom. The minimum absolute atomic E-state index is 0.0682. The predicted octanol–water partition coefficient (Wildman–Crippen LogP) is 4.94. The normalized spacial score (nSPS) is 10.8. The number of carbonyl (C=O) groups is 1. The lowest BCUT2D eigenvalue weighted by molar-refractivity contribution is 0.0678. The third kappa shape index (κ3) is 6.08. The Morgan fingerprint density at radius 2 is 1.84 bits per heavy atom. The summed E-state index contributed by atoms with van der Waals surface area (Å²) >= 11 is 1.54. The summed E-state index contributed by atoms with van der Waals surface area (Å²) in [6, 6.07) is 11.3. The molecule has 0 aliphatic carbocycles. The number of benzene rings is 2. The molecule has 0 bridgehead atoms. The van der Waals surface area contributed by atoms with E-state index in [1.54, 1.807) is 43.4 Å². The van der Waals surface area contributed by atoms with Gasteiger partial charge in [-0.3, -0.25) is 4.79 Å². The van der Waals surface area contributed by atoms with Crippen LogP contribution in [0.25, 0.3) is 0 Å². The van der Waals surface area contributed by atoms with Gasteiger partial charge >= 0.3 is 0 Å². The second kappa shape index (κ2) is 11.1. The Hall–Kier alpha value is -2.90. The molecule has 0 fully saturated rings. The molecule has 0 N–H and O–H groups in total. The quantitative estimate of drug-likeness (QED) is 0.434. The molecule has 0 aliphatic rings. The number of hydrogen-bond donors (Lipinski definition) is 0. The van der Waals surface area contributed by atoms with Crippen molar-refractivity contribution in [1.82, 2.24) is 9.88 Å². The second-order valence-corrected chi connectivity index (χ2v) is 8.62. The topological polar surface area (TPSA) is 60.9 Å². The third-order valence-corrected chi connectivity index (χ3v) is 6.13. The van der Waals surface area contributed by atoms with Crippen molar-refractivity contribution >= 4 is 17.2 Å². The maximum atomic E-state index is 13.1. The van der Waals surface area contributed by atoms with Crippen LogP contribution in [-0.4, -0.2) is 43.2 Å². The fourth-order valence-corrected chi connectivity index (χ4v) is 4.04. The van der Waals surface area contributed by atoms with Crippen LogP contribution in [0.1, 0.15) is 37.7 Å². The van der Waals surface area contributed by atoms with Crippen molar-refractivity contribution in [3.63, 3.8) is 0 Å². The number of amides is 1. The molecule has 0 saturated heterocycles. The zero-order chi connectivity index (χ0) is 23.1. The molecule has 1 heterocycles. The molecule has 3 aromatic rings. The Labute approximate surface area is 193 Å². The molecule has 0 radical (unpaired) electrons. The van der Waals surface area contributed by atoms with Crippen molar-refractivity contribution in [3.05, 3.63) is 74.7 Å². The van der Waals surface area contributed by atoms with Crippen LogP contribution in [0.15, 0.2) is 41.8 Å². The summed E-state index contributed by atoms with van der Waals surface area (Å²) in [5.41, 5.74) is 4.97. The molecule has 3 rings (SSSR count). The molecule has 1 amide bonds. The number of aryl methyl sites for hydroxylation is 2. The molecule has 32 heavy (non-hydrogen) atoms. The number of thiazole rings is 1. The highest BCUT2D eigenvalue weighted by Crippen LogP contribution is 2.25. The minimum Gasteiger partial charge on any atom is -0.497 e. The minimum atomic E-state index is -0.0682.